The molecule has 0 N–H and O–H groups in total. The van der Waals surface area contributed by atoms with Crippen molar-refractivity contribution in [1.82, 2.24) is 4.90 Å². The van der Waals surface area contributed by atoms with Crippen molar-refractivity contribution in [3.63, 3.8) is 0 Å². The van der Waals surface area contributed by atoms with Crippen LogP contribution in [0.4, 0.5) is 0 Å². The second kappa shape index (κ2) is 3.50. The van der Waals surface area contributed by atoms with Crippen molar-refractivity contribution in [3.8, 4) is 0 Å². The lowest BCUT2D eigenvalue weighted by Crippen LogP contribution is -2.42. The van der Waals surface area contributed by atoms with Gasteiger partial charge in [0.05, 0.1) is 0 Å². The molecule has 2 nitrogen and oxygen atoms in total. The summed E-state index contributed by atoms with van der Waals surface area (Å²) in [5.41, 5.74) is 0.371. The Morgan fingerprint density at radius 2 is 1.87 bits per heavy atom. The molecule has 0 aromatic rings. The zero-order chi connectivity index (χ0) is 11.2. The standard InChI is InChI=1S/C13H23NO/c1-9(2)11-5-13(6-11)7-12(15)14(8-13)10(3)4/h9-11H,5-8H2,1-4H3. The van der Waals surface area contributed by atoms with Crippen LogP contribution >= 0.6 is 0 Å². The first kappa shape index (κ1) is 11.0. The Morgan fingerprint density at radius 1 is 1.27 bits per heavy atom. The lowest BCUT2D eigenvalue weighted by Gasteiger charge is -2.47. The molecular formula is C13H23NO. The van der Waals surface area contributed by atoms with Crippen LogP contribution in [0.25, 0.3) is 0 Å². The highest BCUT2D eigenvalue weighted by atomic mass is 16.2. The summed E-state index contributed by atoms with van der Waals surface area (Å²) in [6.07, 6.45) is 3.37. The van der Waals surface area contributed by atoms with E-state index in [4.69, 9.17) is 0 Å². The van der Waals surface area contributed by atoms with Gasteiger partial charge in [-0.25, -0.2) is 0 Å². The van der Waals surface area contributed by atoms with Gasteiger partial charge in [0.2, 0.25) is 5.91 Å². The minimum atomic E-state index is 0.371. The smallest absolute Gasteiger partial charge is 0.223 e. The third-order valence-electron chi connectivity index (χ3n) is 4.31. The fourth-order valence-electron chi connectivity index (χ4n) is 3.20. The molecule has 2 rings (SSSR count). The van der Waals surface area contributed by atoms with Crippen LogP contribution in [0.5, 0.6) is 0 Å². The van der Waals surface area contributed by atoms with Crippen LogP contribution in [0.15, 0.2) is 0 Å². The molecule has 0 bridgehead atoms. The first-order valence-corrected chi connectivity index (χ1v) is 6.23. The summed E-state index contributed by atoms with van der Waals surface area (Å²) in [6.45, 7) is 9.86. The van der Waals surface area contributed by atoms with E-state index in [1.807, 2.05) is 0 Å². The highest BCUT2D eigenvalue weighted by Gasteiger charge is 2.52. The molecular weight excluding hydrogens is 186 g/mol. The van der Waals surface area contributed by atoms with Crippen LogP contribution in [-0.4, -0.2) is 23.4 Å². The van der Waals surface area contributed by atoms with Gasteiger partial charge < -0.3 is 4.90 Å². The fraction of sp³-hybridized carbons (Fsp3) is 0.923. The molecule has 15 heavy (non-hydrogen) atoms. The van der Waals surface area contributed by atoms with Gasteiger partial charge in [0.1, 0.15) is 0 Å². The van der Waals surface area contributed by atoms with Crippen molar-refractivity contribution in [2.45, 2.75) is 53.0 Å². The number of amides is 1. The summed E-state index contributed by atoms with van der Waals surface area (Å²) in [6, 6.07) is 0.384. The molecule has 2 fully saturated rings. The molecule has 1 spiro atoms. The maximum absolute atomic E-state index is 11.8. The molecule has 1 aliphatic carbocycles. The first-order valence-electron chi connectivity index (χ1n) is 6.23. The molecule has 2 heteroatoms. The Bertz CT molecular complexity index is 264. The number of carbonyl (C=O) groups is 1. The van der Waals surface area contributed by atoms with Crippen molar-refractivity contribution in [3.05, 3.63) is 0 Å². The van der Waals surface area contributed by atoms with Gasteiger partial charge in [-0.05, 0) is 43.9 Å². The van der Waals surface area contributed by atoms with Gasteiger partial charge in [-0.3, -0.25) is 4.79 Å². The van der Waals surface area contributed by atoms with Gasteiger partial charge in [0.25, 0.3) is 0 Å². The number of hydrogen-bond donors (Lipinski definition) is 0. The van der Waals surface area contributed by atoms with Crippen LogP contribution in [0.3, 0.4) is 0 Å². The highest BCUT2D eigenvalue weighted by molar-refractivity contribution is 5.80. The normalized spacial score (nSPS) is 35.7. The van der Waals surface area contributed by atoms with E-state index >= 15 is 0 Å². The van der Waals surface area contributed by atoms with Crippen molar-refractivity contribution >= 4 is 5.91 Å². The Labute approximate surface area is 93.0 Å². The van der Waals surface area contributed by atoms with Gasteiger partial charge in [-0.2, -0.15) is 0 Å². The summed E-state index contributed by atoms with van der Waals surface area (Å²) in [7, 11) is 0. The molecule has 0 atom stereocenters. The lowest BCUT2D eigenvalue weighted by atomic mass is 9.58. The topological polar surface area (TPSA) is 20.3 Å². The van der Waals surface area contributed by atoms with Crippen LogP contribution in [0, 0.1) is 17.3 Å². The van der Waals surface area contributed by atoms with Crippen molar-refractivity contribution in [2.24, 2.45) is 17.3 Å². The number of rotatable bonds is 2. The minimum Gasteiger partial charge on any atom is -0.340 e. The summed E-state index contributed by atoms with van der Waals surface area (Å²) >= 11 is 0. The average Bonchev–Trinajstić information content (AvgIpc) is 2.40. The van der Waals surface area contributed by atoms with Gasteiger partial charge >= 0.3 is 0 Å². The third kappa shape index (κ3) is 1.79. The maximum Gasteiger partial charge on any atom is 0.223 e. The largest absolute Gasteiger partial charge is 0.340 e. The number of likely N-dealkylation sites (tertiary alicyclic amines) is 1. The third-order valence-corrected chi connectivity index (χ3v) is 4.31. The zero-order valence-corrected chi connectivity index (χ0v) is 10.4. The molecule has 1 aliphatic heterocycles. The molecule has 0 radical (unpaired) electrons. The van der Waals surface area contributed by atoms with Crippen LogP contribution in [0.1, 0.15) is 47.0 Å². The van der Waals surface area contributed by atoms with E-state index in [0.717, 1.165) is 24.8 Å². The molecule has 1 amide bonds. The van der Waals surface area contributed by atoms with Crippen LogP contribution in [0.2, 0.25) is 0 Å². The van der Waals surface area contributed by atoms with Gasteiger partial charge in [0, 0.05) is 19.0 Å². The van der Waals surface area contributed by atoms with E-state index in [0.29, 0.717) is 17.4 Å². The zero-order valence-electron chi connectivity index (χ0n) is 10.4. The number of hydrogen-bond acceptors (Lipinski definition) is 1. The molecule has 0 unspecified atom stereocenters. The molecule has 2 aliphatic rings. The predicted molar refractivity (Wildman–Crippen MR) is 61.5 cm³/mol. The summed E-state index contributed by atoms with van der Waals surface area (Å²) < 4.78 is 0. The monoisotopic (exact) mass is 209 g/mol. The average molecular weight is 209 g/mol. The first-order chi connectivity index (χ1) is 6.93. The Hall–Kier alpha value is -0.530. The number of nitrogens with zero attached hydrogens (tertiary/aromatic N) is 1. The SMILES string of the molecule is CC(C)C1CC2(CC(=O)N(C(C)C)C2)C1. The van der Waals surface area contributed by atoms with Crippen molar-refractivity contribution in [1.29, 1.82) is 0 Å². The maximum atomic E-state index is 11.8. The Morgan fingerprint density at radius 3 is 2.27 bits per heavy atom. The fourth-order valence-corrected chi connectivity index (χ4v) is 3.20. The molecule has 0 aromatic carbocycles. The molecule has 1 saturated heterocycles. The second-order valence-electron chi connectivity index (χ2n) is 6.20. The summed E-state index contributed by atoms with van der Waals surface area (Å²) in [5, 5.41) is 0. The van der Waals surface area contributed by atoms with Gasteiger partial charge in [0.15, 0.2) is 0 Å². The molecule has 1 saturated carbocycles. The van der Waals surface area contributed by atoms with Gasteiger partial charge in [-0.1, -0.05) is 13.8 Å². The van der Waals surface area contributed by atoms with Crippen LogP contribution in [-0.2, 0) is 4.79 Å². The van der Waals surface area contributed by atoms with E-state index in [1.165, 1.54) is 12.8 Å². The van der Waals surface area contributed by atoms with E-state index in [9.17, 15) is 4.79 Å². The minimum absolute atomic E-state index is 0.371. The lowest BCUT2D eigenvalue weighted by molar-refractivity contribution is -0.129. The summed E-state index contributed by atoms with van der Waals surface area (Å²) in [5.74, 6) is 2.04. The second-order valence-corrected chi connectivity index (χ2v) is 6.20. The molecule has 1 heterocycles. The molecule has 0 aromatic heterocycles. The van der Waals surface area contributed by atoms with Crippen molar-refractivity contribution in [2.75, 3.05) is 6.54 Å². The quantitative estimate of drug-likeness (QED) is 0.684. The number of carbonyl (C=O) groups excluding carboxylic acids is 1. The Kier molecular flexibility index (Phi) is 2.56. The van der Waals surface area contributed by atoms with Crippen molar-refractivity contribution < 1.29 is 4.79 Å². The van der Waals surface area contributed by atoms with Crippen LogP contribution < -0.4 is 0 Å². The highest BCUT2D eigenvalue weighted by Crippen LogP contribution is 2.54. The molecule has 86 valence electrons. The predicted octanol–water partition coefficient (Wildman–Crippen LogP) is 2.68. The summed E-state index contributed by atoms with van der Waals surface area (Å²) in [4.78, 5) is 13.9. The Balaban J connectivity index is 1.96. The van der Waals surface area contributed by atoms with E-state index < -0.39 is 0 Å². The van der Waals surface area contributed by atoms with E-state index in [2.05, 4.69) is 32.6 Å². The van der Waals surface area contributed by atoms with E-state index in [1.54, 1.807) is 0 Å². The van der Waals surface area contributed by atoms with Gasteiger partial charge in [-0.15, -0.1) is 0 Å². The van der Waals surface area contributed by atoms with E-state index in [-0.39, 0.29) is 0 Å².